The van der Waals surface area contributed by atoms with Gasteiger partial charge < -0.3 is 13.9 Å². The van der Waals surface area contributed by atoms with Gasteiger partial charge in [-0.3, -0.25) is 4.79 Å². The maximum absolute atomic E-state index is 13.6. The van der Waals surface area contributed by atoms with Gasteiger partial charge in [-0.05, 0) is 84.0 Å². The molecule has 0 N–H and O–H groups in total. The van der Waals surface area contributed by atoms with E-state index in [4.69, 9.17) is 18.9 Å². The zero-order valence-electron chi connectivity index (χ0n) is 22.5. The van der Waals surface area contributed by atoms with Crippen LogP contribution in [0.1, 0.15) is 23.6 Å². The van der Waals surface area contributed by atoms with E-state index >= 15 is 0 Å². The van der Waals surface area contributed by atoms with Crippen LogP contribution in [0.5, 0.6) is 11.5 Å². The number of rotatable bonds is 8. The number of furan rings is 1. The summed E-state index contributed by atoms with van der Waals surface area (Å²) in [6.07, 6.45) is 1.62. The van der Waals surface area contributed by atoms with Gasteiger partial charge in [0.1, 0.15) is 12.2 Å². The second-order valence-electron chi connectivity index (χ2n) is 9.50. The minimum absolute atomic E-state index is 0.292. The second kappa shape index (κ2) is 11.6. The zero-order valence-corrected chi connectivity index (χ0v) is 24.7. The Morgan fingerprint density at radius 3 is 2.63 bits per heavy atom. The summed E-state index contributed by atoms with van der Waals surface area (Å²) < 4.78 is 20.4. The number of hydrogen-bond donors (Lipinski definition) is 0. The van der Waals surface area contributed by atoms with Crippen LogP contribution in [0.3, 0.4) is 0 Å². The van der Waals surface area contributed by atoms with Crippen molar-refractivity contribution in [2.24, 2.45) is 5.10 Å². The predicted molar refractivity (Wildman–Crippen MR) is 170 cm³/mol. The molecule has 0 radical (unpaired) electrons. The first-order chi connectivity index (χ1) is 20.0. The van der Waals surface area contributed by atoms with Crippen LogP contribution in [0, 0.1) is 10.5 Å². The van der Waals surface area contributed by atoms with Crippen molar-refractivity contribution in [3.8, 4) is 23.1 Å². The second-order valence-corrected chi connectivity index (χ2v) is 10.7. The van der Waals surface area contributed by atoms with Crippen LogP contribution >= 0.6 is 22.6 Å². The molecule has 0 aliphatic rings. The molecule has 2 aromatic heterocycles. The van der Waals surface area contributed by atoms with E-state index in [9.17, 15) is 4.79 Å². The molecule has 4 aromatic carbocycles. The van der Waals surface area contributed by atoms with Crippen molar-refractivity contribution in [3.05, 3.63) is 122 Å². The Bertz CT molecular complexity index is 1940. The summed E-state index contributed by atoms with van der Waals surface area (Å²) in [4.78, 5) is 18.4. The number of aryl methyl sites for hydroxylation is 1. The normalized spacial score (nSPS) is 11.5. The van der Waals surface area contributed by atoms with Crippen LogP contribution < -0.4 is 15.0 Å². The molecule has 41 heavy (non-hydrogen) atoms. The average molecular weight is 655 g/mol. The molecule has 204 valence electrons. The number of benzene rings is 4. The Kier molecular flexibility index (Phi) is 7.56. The van der Waals surface area contributed by atoms with Crippen molar-refractivity contribution in [2.75, 3.05) is 6.61 Å². The maximum Gasteiger partial charge on any atom is 0.282 e. The van der Waals surface area contributed by atoms with Gasteiger partial charge in [0.15, 0.2) is 17.3 Å². The van der Waals surface area contributed by atoms with Crippen LogP contribution in [0.2, 0.25) is 0 Å². The fourth-order valence-electron chi connectivity index (χ4n) is 4.63. The van der Waals surface area contributed by atoms with E-state index in [1.807, 2.05) is 79.7 Å². The molecule has 0 unspecified atom stereocenters. The van der Waals surface area contributed by atoms with Crippen molar-refractivity contribution in [2.45, 2.75) is 20.5 Å². The summed E-state index contributed by atoms with van der Waals surface area (Å²) in [5, 5.41) is 5.99. The SMILES string of the molecule is CCOc1cc(C=Nn2c(-c3cc4ccccc4o3)nc3ccccc3c2=O)cc(I)c1OCc1cccc(C)c1. The van der Waals surface area contributed by atoms with Crippen LogP contribution in [0.25, 0.3) is 33.5 Å². The minimum Gasteiger partial charge on any atom is -0.490 e. The van der Waals surface area contributed by atoms with Gasteiger partial charge in [0.05, 0.1) is 27.3 Å². The predicted octanol–water partition coefficient (Wildman–Crippen LogP) is 7.58. The van der Waals surface area contributed by atoms with Crippen LogP contribution in [0.4, 0.5) is 0 Å². The summed E-state index contributed by atoms with van der Waals surface area (Å²) in [7, 11) is 0. The highest BCUT2D eigenvalue weighted by atomic mass is 127. The number of aromatic nitrogens is 2. The molecule has 0 bridgehead atoms. The fraction of sp³-hybridized carbons (Fsp3) is 0.121. The van der Waals surface area contributed by atoms with E-state index in [1.54, 1.807) is 12.3 Å². The number of ether oxygens (including phenoxy) is 2. The molecule has 2 heterocycles. The number of para-hydroxylation sites is 2. The first-order valence-corrected chi connectivity index (χ1v) is 14.3. The fourth-order valence-corrected chi connectivity index (χ4v) is 5.41. The topological polar surface area (TPSA) is 78.9 Å². The van der Waals surface area contributed by atoms with Gasteiger partial charge in [0, 0.05) is 5.39 Å². The molecule has 0 fully saturated rings. The molecular formula is C33H26IN3O4. The van der Waals surface area contributed by atoms with Gasteiger partial charge in [0.25, 0.3) is 5.56 Å². The average Bonchev–Trinajstić information content (AvgIpc) is 3.41. The van der Waals surface area contributed by atoms with Gasteiger partial charge in [-0.1, -0.05) is 60.2 Å². The molecule has 0 spiro atoms. The Hall–Kier alpha value is -4.44. The number of hydrogen-bond acceptors (Lipinski definition) is 6. The lowest BCUT2D eigenvalue weighted by Crippen LogP contribution is -2.20. The number of halogens is 1. The first-order valence-electron chi connectivity index (χ1n) is 13.2. The van der Waals surface area contributed by atoms with Crippen molar-refractivity contribution in [1.82, 2.24) is 9.66 Å². The van der Waals surface area contributed by atoms with E-state index < -0.39 is 0 Å². The molecule has 7 nitrogen and oxygen atoms in total. The third-order valence-corrected chi connectivity index (χ3v) is 7.32. The van der Waals surface area contributed by atoms with E-state index in [0.29, 0.717) is 52.8 Å². The Morgan fingerprint density at radius 1 is 0.976 bits per heavy atom. The summed E-state index contributed by atoms with van der Waals surface area (Å²) in [6, 6.07) is 28.8. The van der Waals surface area contributed by atoms with Gasteiger partial charge in [-0.15, -0.1) is 0 Å². The van der Waals surface area contributed by atoms with Gasteiger partial charge in [0.2, 0.25) is 5.82 Å². The van der Waals surface area contributed by atoms with E-state index in [1.165, 1.54) is 10.2 Å². The third kappa shape index (κ3) is 5.60. The number of fused-ring (bicyclic) bond motifs is 2. The van der Waals surface area contributed by atoms with Gasteiger partial charge in [-0.2, -0.15) is 9.78 Å². The van der Waals surface area contributed by atoms with E-state index in [2.05, 4.69) is 46.7 Å². The summed E-state index contributed by atoms with van der Waals surface area (Å²) in [5.41, 5.74) is 3.99. The standard InChI is InChI=1S/C33H26IN3O4/c1-3-39-29-17-23(16-26(34)31(29)40-20-22-10-8-9-21(2)15-22)19-35-37-32(30-18-24-11-4-7-14-28(24)41-30)36-27-13-6-5-12-25(27)33(37)38/h4-19H,3,20H2,1-2H3. The molecule has 6 aromatic rings. The Labute approximate surface area is 250 Å². The smallest absolute Gasteiger partial charge is 0.282 e. The highest BCUT2D eigenvalue weighted by Gasteiger charge is 2.17. The molecule has 0 aliphatic carbocycles. The summed E-state index contributed by atoms with van der Waals surface area (Å²) in [5.74, 6) is 2.04. The maximum atomic E-state index is 13.6. The van der Waals surface area contributed by atoms with Crippen molar-refractivity contribution in [3.63, 3.8) is 0 Å². The molecular weight excluding hydrogens is 629 g/mol. The van der Waals surface area contributed by atoms with Crippen molar-refractivity contribution >= 4 is 50.7 Å². The first kappa shape index (κ1) is 26.8. The van der Waals surface area contributed by atoms with E-state index in [0.717, 1.165) is 20.1 Å². The molecule has 0 saturated carbocycles. The molecule has 0 saturated heterocycles. The monoisotopic (exact) mass is 655 g/mol. The van der Waals surface area contributed by atoms with Crippen LogP contribution in [-0.4, -0.2) is 22.5 Å². The van der Waals surface area contributed by atoms with Crippen LogP contribution in [0.15, 0.2) is 105 Å². The molecule has 0 atom stereocenters. The third-order valence-electron chi connectivity index (χ3n) is 6.52. The highest BCUT2D eigenvalue weighted by molar-refractivity contribution is 14.1. The highest BCUT2D eigenvalue weighted by Crippen LogP contribution is 2.35. The van der Waals surface area contributed by atoms with Crippen molar-refractivity contribution < 1.29 is 13.9 Å². The quantitative estimate of drug-likeness (QED) is 0.125. The summed E-state index contributed by atoms with van der Waals surface area (Å²) >= 11 is 2.23. The lowest BCUT2D eigenvalue weighted by Gasteiger charge is -2.15. The molecule has 8 heteroatoms. The zero-order chi connectivity index (χ0) is 28.3. The van der Waals surface area contributed by atoms with E-state index in [-0.39, 0.29) is 5.56 Å². The lowest BCUT2D eigenvalue weighted by molar-refractivity contribution is 0.267. The van der Waals surface area contributed by atoms with Crippen molar-refractivity contribution in [1.29, 1.82) is 0 Å². The lowest BCUT2D eigenvalue weighted by atomic mass is 10.1. The Balaban J connectivity index is 1.40. The minimum atomic E-state index is -0.292. The Morgan fingerprint density at radius 2 is 1.80 bits per heavy atom. The number of nitrogens with zero attached hydrogens (tertiary/aromatic N) is 3. The van der Waals surface area contributed by atoms with Gasteiger partial charge in [-0.25, -0.2) is 4.98 Å². The molecule has 6 rings (SSSR count). The summed E-state index contributed by atoms with van der Waals surface area (Å²) in [6.45, 7) is 4.88. The van der Waals surface area contributed by atoms with Gasteiger partial charge >= 0.3 is 0 Å². The largest absolute Gasteiger partial charge is 0.490 e. The van der Waals surface area contributed by atoms with Crippen LogP contribution in [-0.2, 0) is 6.61 Å². The molecule has 0 aliphatic heterocycles. The molecule has 0 amide bonds.